The quantitative estimate of drug-likeness (QED) is 0.198. The van der Waals surface area contributed by atoms with E-state index in [0.717, 1.165) is 19.2 Å². The second-order valence-electron chi connectivity index (χ2n) is 6.78. The summed E-state index contributed by atoms with van der Waals surface area (Å²) in [6.45, 7) is 1.00. The van der Waals surface area contributed by atoms with E-state index in [0.29, 0.717) is 4.57 Å². The van der Waals surface area contributed by atoms with E-state index in [1.165, 1.54) is 0 Å². The molecule has 1 aliphatic heterocycles. The molecule has 1 aliphatic carbocycles. The maximum atomic E-state index is 15.2. The molecule has 2 heterocycles. The molecular weight excluding hydrogens is 496 g/mol. The molecule has 2 fully saturated rings. The van der Waals surface area contributed by atoms with Crippen molar-refractivity contribution in [1.29, 1.82) is 0 Å². The second kappa shape index (κ2) is 6.95. The van der Waals surface area contributed by atoms with Crippen LogP contribution in [0.4, 0.5) is 10.2 Å². The third-order valence-corrected chi connectivity index (χ3v) is 8.33. The zero-order chi connectivity index (χ0) is 23.8. The van der Waals surface area contributed by atoms with Gasteiger partial charge in [-0.25, -0.2) is 22.9 Å². The van der Waals surface area contributed by atoms with Gasteiger partial charge >= 0.3 is 29.2 Å². The Hall–Kier alpha value is -1.10. The summed E-state index contributed by atoms with van der Waals surface area (Å²) in [6, 6.07) is 1.14. The maximum absolute atomic E-state index is 15.2. The number of nitrogens with zero attached hydrogens (tertiary/aromatic N) is 2. The van der Waals surface area contributed by atoms with Crippen LogP contribution in [-0.4, -0.2) is 57.3 Å². The predicted octanol–water partition coefficient (Wildman–Crippen LogP) is -1.81. The molecule has 9 N–H and O–H groups in total. The third kappa shape index (κ3) is 4.05. The molecular formula is C10H16FN4O13P3. The van der Waals surface area contributed by atoms with E-state index in [1.54, 1.807) is 0 Å². The Kier molecular flexibility index (Phi) is 5.50. The Bertz CT molecular complexity index is 1120. The summed E-state index contributed by atoms with van der Waals surface area (Å²) in [6.07, 6.45) is -3.06. The molecule has 31 heavy (non-hydrogen) atoms. The summed E-state index contributed by atoms with van der Waals surface area (Å²) in [5, 5.41) is 10.7. The first kappa shape index (κ1) is 24.5. The van der Waals surface area contributed by atoms with Gasteiger partial charge in [0.25, 0.3) is 5.85 Å². The van der Waals surface area contributed by atoms with Crippen molar-refractivity contribution in [1.82, 2.24) is 9.55 Å². The van der Waals surface area contributed by atoms with E-state index < -0.39 is 58.5 Å². The molecule has 0 radical (unpaired) electrons. The molecule has 7 atom stereocenters. The van der Waals surface area contributed by atoms with Crippen LogP contribution in [0.3, 0.4) is 0 Å². The van der Waals surface area contributed by atoms with Gasteiger partial charge in [0.05, 0.1) is 5.54 Å². The highest BCUT2D eigenvalue weighted by atomic mass is 31.3. The number of phosphoric ester groups is 1. The van der Waals surface area contributed by atoms with Gasteiger partial charge in [0, 0.05) is 6.20 Å². The Labute approximate surface area is 170 Å². The summed E-state index contributed by atoms with van der Waals surface area (Å²) >= 11 is 0. The monoisotopic (exact) mass is 512 g/mol. The van der Waals surface area contributed by atoms with Crippen LogP contribution in [-0.2, 0) is 31.6 Å². The molecule has 0 spiro atoms. The summed E-state index contributed by atoms with van der Waals surface area (Å²) < 4.78 is 66.1. The van der Waals surface area contributed by atoms with Crippen molar-refractivity contribution >= 4 is 29.3 Å². The molecule has 17 nitrogen and oxygen atoms in total. The van der Waals surface area contributed by atoms with Crippen LogP contribution in [0.2, 0.25) is 0 Å². The molecule has 1 aromatic rings. The zero-order valence-corrected chi connectivity index (χ0v) is 17.8. The second-order valence-corrected chi connectivity index (χ2v) is 11.2. The fourth-order valence-corrected chi connectivity index (χ4v) is 6.38. The minimum atomic E-state index is -5.88. The van der Waals surface area contributed by atoms with Crippen molar-refractivity contribution in [2.75, 3.05) is 5.73 Å². The molecule has 1 aromatic heterocycles. The molecule has 2 aliphatic rings. The van der Waals surface area contributed by atoms with E-state index in [1.807, 2.05) is 0 Å². The van der Waals surface area contributed by atoms with Crippen LogP contribution in [0, 0.1) is 0 Å². The number of nitrogen functional groups attached to an aromatic ring is 1. The Morgan fingerprint density at radius 1 is 1.23 bits per heavy atom. The summed E-state index contributed by atoms with van der Waals surface area (Å²) in [5.74, 6) is -3.49. The van der Waals surface area contributed by atoms with E-state index >= 15 is 4.39 Å². The van der Waals surface area contributed by atoms with Crippen molar-refractivity contribution in [2.45, 2.75) is 36.3 Å². The lowest BCUT2D eigenvalue weighted by Crippen LogP contribution is -2.57. The van der Waals surface area contributed by atoms with Gasteiger partial charge in [-0.15, -0.1) is 0 Å². The molecule has 3 rings (SSSR count). The van der Waals surface area contributed by atoms with Crippen LogP contribution < -0.4 is 17.2 Å². The highest BCUT2D eigenvalue weighted by Gasteiger charge is 2.94. The average Bonchev–Trinajstić information content (AvgIpc) is 2.91. The number of aliphatic hydroxyl groups is 1. The molecule has 1 saturated heterocycles. The van der Waals surface area contributed by atoms with Gasteiger partial charge in [0.1, 0.15) is 5.82 Å². The summed E-state index contributed by atoms with van der Waals surface area (Å²) in [5.41, 5.74) is 5.13. The average molecular weight is 512 g/mol. The van der Waals surface area contributed by atoms with Crippen molar-refractivity contribution in [3.05, 3.63) is 22.7 Å². The highest BCUT2D eigenvalue weighted by Crippen LogP contribution is 2.73. The third-order valence-electron chi connectivity index (χ3n) is 4.53. The number of fused-ring (bicyclic) bond motifs is 1. The van der Waals surface area contributed by atoms with Crippen molar-refractivity contribution in [3.63, 3.8) is 0 Å². The van der Waals surface area contributed by atoms with Gasteiger partial charge in [0.2, 0.25) is 0 Å². The van der Waals surface area contributed by atoms with E-state index in [9.17, 15) is 28.5 Å². The minimum absolute atomic E-state index is 0.178. The number of anilines is 1. The molecule has 0 amide bonds. The Balaban J connectivity index is 1.83. The van der Waals surface area contributed by atoms with Crippen molar-refractivity contribution < 1.29 is 60.6 Å². The van der Waals surface area contributed by atoms with Gasteiger partial charge in [0.15, 0.2) is 17.9 Å². The summed E-state index contributed by atoms with van der Waals surface area (Å²) in [4.78, 5) is 51.1. The number of ether oxygens (including phenoxy) is 1. The number of phosphoric acid groups is 3. The van der Waals surface area contributed by atoms with Gasteiger partial charge in [-0.05, 0) is 13.0 Å². The lowest BCUT2D eigenvalue weighted by Gasteiger charge is -2.33. The lowest BCUT2D eigenvalue weighted by molar-refractivity contribution is -0.143. The summed E-state index contributed by atoms with van der Waals surface area (Å²) in [7, 11) is -17.3. The molecule has 0 aromatic carbocycles. The SMILES string of the molecule is C[C@]1(N)[C@H](n2ccc(N)nc2=O)O[C@]2(F)C(OP(=O)(O)OP(=O)(O)OP(=O)(O)O)[C@]12O. The van der Waals surface area contributed by atoms with E-state index in [4.69, 9.17) is 30.9 Å². The highest BCUT2D eigenvalue weighted by molar-refractivity contribution is 7.66. The first-order valence-corrected chi connectivity index (χ1v) is 12.3. The van der Waals surface area contributed by atoms with Crippen LogP contribution in [0.1, 0.15) is 13.2 Å². The molecule has 1 saturated carbocycles. The van der Waals surface area contributed by atoms with E-state index in [2.05, 4.69) is 18.1 Å². The number of alkyl halides is 1. The van der Waals surface area contributed by atoms with Crippen LogP contribution in [0.15, 0.2) is 17.1 Å². The molecule has 21 heteroatoms. The van der Waals surface area contributed by atoms with Crippen LogP contribution in [0.25, 0.3) is 0 Å². The standard InChI is InChI=1S/C10H16FN4O13P3/c1-8(13)6(15-3-2-4(12)14-7(15)16)25-10(11)5(9(8,10)17)26-30(21,22)28-31(23,24)27-29(18,19)20/h2-3,5-6,17H,13H2,1H3,(H,21,22)(H,23,24)(H2,12,14,16)(H2,18,19,20)/t5?,6-,8+,9+,10-/m1/s1. The smallest absolute Gasteiger partial charge is 0.383 e. The lowest BCUT2D eigenvalue weighted by atomic mass is 9.92. The van der Waals surface area contributed by atoms with Crippen LogP contribution in [0.5, 0.6) is 0 Å². The van der Waals surface area contributed by atoms with Gasteiger partial charge < -0.3 is 40.9 Å². The number of nitrogens with two attached hydrogens (primary N) is 2. The molecule has 0 bridgehead atoms. The molecule has 176 valence electrons. The normalized spacial score (nSPS) is 38.8. The predicted molar refractivity (Wildman–Crippen MR) is 93.2 cm³/mol. The minimum Gasteiger partial charge on any atom is -0.383 e. The topological polar surface area (TPSA) is 276 Å². The number of aromatic nitrogens is 2. The number of hydrogen-bond donors (Lipinski definition) is 7. The fraction of sp³-hybridized carbons (Fsp3) is 0.600. The maximum Gasteiger partial charge on any atom is 0.490 e. The Morgan fingerprint density at radius 2 is 1.81 bits per heavy atom. The van der Waals surface area contributed by atoms with Crippen molar-refractivity contribution in [3.8, 4) is 0 Å². The van der Waals surface area contributed by atoms with Gasteiger partial charge in [-0.3, -0.25) is 9.09 Å². The number of halogens is 1. The largest absolute Gasteiger partial charge is 0.490 e. The van der Waals surface area contributed by atoms with Crippen LogP contribution >= 0.6 is 23.5 Å². The number of hydrogen-bond acceptors (Lipinski definition) is 12. The first-order chi connectivity index (χ1) is 13.8. The van der Waals surface area contributed by atoms with Gasteiger partial charge in [-0.2, -0.15) is 13.6 Å². The zero-order valence-electron chi connectivity index (χ0n) is 15.1. The Morgan fingerprint density at radius 3 is 2.26 bits per heavy atom. The van der Waals surface area contributed by atoms with Gasteiger partial charge in [-0.1, -0.05) is 0 Å². The van der Waals surface area contributed by atoms with Crippen molar-refractivity contribution in [2.24, 2.45) is 5.73 Å². The fourth-order valence-electron chi connectivity index (χ4n) is 3.17. The first-order valence-electron chi connectivity index (χ1n) is 7.81. The molecule has 3 unspecified atom stereocenters. The van der Waals surface area contributed by atoms with E-state index in [-0.39, 0.29) is 5.82 Å². The number of rotatable bonds is 7.